The van der Waals surface area contributed by atoms with Crippen LogP contribution in [0.15, 0.2) is 95.0 Å². The Morgan fingerprint density at radius 3 is 2.38 bits per heavy atom. The van der Waals surface area contributed by atoms with Crippen molar-refractivity contribution in [3.8, 4) is 0 Å². The smallest absolute Gasteiger partial charge is 0.177 e. The second-order valence-electron chi connectivity index (χ2n) is 6.28. The molecule has 0 radical (unpaired) electrons. The van der Waals surface area contributed by atoms with Gasteiger partial charge in [-0.05, 0) is 29.8 Å². The third-order valence-corrected chi connectivity index (χ3v) is 5.91. The minimum Gasteiger partial charge on any atom is -0.383 e. The van der Waals surface area contributed by atoms with Gasteiger partial charge >= 0.3 is 0 Å². The molecule has 0 spiro atoms. The lowest BCUT2D eigenvalue weighted by Gasteiger charge is -2.27. The monoisotopic (exact) mass is 379 g/mol. The van der Waals surface area contributed by atoms with Crippen molar-refractivity contribution >= 4 is 29.1 Å². The molecule has 1 atom stereocenters. The van der Waals surface area contributed by atoms with Gasteiger partial charge in [-0.25, -0.2) is 0 Å². The molecule has 26 heavy (non-hydrogen) atoms. The predicted molar refractivity (Wildman–Crippen MR) is 109 cm³/mol. The highest BCUT2D eigenvalue weighted by atomic mass is 35.5. The largest absolute Gasteiger partial charge is 0.383 e. The summed E-state index contributed by atoms with van der Waals surface area (Å²) in [5.74, 6) is 0.761. The number of hydrogen-bond donors (Lipinski definition) is 0. The first-order chi connectivity index (χ1) is 12.8. The summed E-state index contributed by atoms with van der Waals surface area (Å²) in [4.78, 5) is 7.29. The van der Waals surface area contributed by atoms with Crippen molar-refractivity contribution in [3.63, 3.8) is 0 Å². The van der Waals surface area contributed by atoms with Crippen molar-refractivity contribution in [2.24, 2.45) is 5.16 Å². The number of halogens is 1. The molecule has 3 aromatic carbocycles. The van der Waals surface area contributed by atoms with E-state index >= 15 is 0 Å². The van der Waals surface area contributed by atoms with Crippen molar-refractivity contribution in [2.45, 2.75) is 16.9 Å². The van der Waals surface area contributed by atoms with Crippen LogP contribution in [0.1, 0.15) is 17.5 Å². The van der Waals surface area contributed by atoms with Crippen LogP contribution in [-0.2, 0) is 10.4 Å². The molecule has 0 aliphatic carbocycles. The fourth-order valence-electron chi connectivity index (χ4n) is 3.07. The summed E-state index contributed by atoms with van der Waals surface area (Å²) >= 11 is 8.03. The number of rotatable bonds is 5. The number of nitrogens with zero attached hydrogens (tertiary/aromatic N) is 1. The van der Waals surface area contributed by atoms with Crippen molar-refractivity contribution in [3.05, 3.63) is 101 Å². The van der Waals surface area contributed by atoms with Crippen molar-refractivity contribution in [1.29, 1.82) is 0 Å². The fourth-order valence-corrected chi connectivity index (χ4v) is 4.33. The molecular formula is C22H18ClNOS. The number of hydrogen-bond acceptors (Lipinski definition) is 3. The Kier molecular flexibility index (Phi) is 5.00. The Balaban J connectivity index is 1.63. The molecule has 4 heteroatoms. The van der Waals surface area contributed by atoms with Gasteiger partial charge in [0.2, 0.25) is 0 Å². The zero-order valence-electron chi connectivity index (χ0n) is 14.1. The summed E-state index contributed by atoms with van der Waals surface area (Å²) in [5, 5.41) is 5.15. The molecule has 1 heterocycles. The van der Waals surface area contributed by atoms with E-state index in [2.05, 4.69) is 47.6 Å². The molecule has 0 saturated carbocycles. The van der Waals surface area contributed by atoms with E-state index in [1.165, 1.54) is 4.90 Å². The highest BCUT2D eigenvalue weighted by Crippen LogP contribution is 2.41. The lowest BCUT2D eigenvalue weighted by molar-refractivity contribution is -0.00317. The van der Waals surface area contributed by atoms with Crippen molar-refractivity contribution < 1.29 is 4.84 Å². The predicted octanol–water partition coefficient (Wildman–Crippen LogP) is 6.15. The Morgan fingerprint density at radius 2 is 1.65 bits per heavy atom. The van der Waals surface area contributed by atoms with E-state index in [0.29, 0.717) is 5.02 Å². The van der Waals surface area contributed by atoms with Crippen LogP contribution in [0.5, 0.6) is 0 Å². The SMILES string of the molecule is Clc1cccc([C@]2(CSc3ccccc3)CC(c3ccccc3)=NO2)c1. The number of thioether (sulfide) groups is 1. The van der Waals surface area contributed by atoms with Gasteiger partial charge in [0.25, 0.3) is 0 Å². The first-order valence-corrected chi connectivity index (χ1v) is 9.86. The van der Waals surface area contributed by atoms with Crippen LogP contribution in [0.2, 0.25) is 5.02 Å². The Morgan fingerprint density at radius 1 is 0.923 bits per heavy atom. The molecule has 0 unspecified atom stereocenters. The first kappa shape index (κ1) is 17.2. The molecule has 4 rings (SSSR count). The van der Waals surface area contributed by atoms with Gasteiger partial charge in [0.15, 0.2) is 5.60 Å². The summed E-state index contributed by atoms with van der Waals surface area (Å²) in [6.07, 6.45) is 0.719. The molecule has 0 saturated heterocycles. The van der Waals surface area contributed by atoms with Crippen LogP contribution in [0.4, 0.5) is 0 Å². The van der Waals surface area contributed by atoms with Gasteiger partial charge in [-0.3, -0.25) is 0 Å². The third-order valence-electron chi connectivity index (χ3n) is 4.46. The number of benzene rings is 3. The summed E-state index contributed by atoms with van der Waals surface area (Å²) in [7, 11) is 0. The summed E-state index contributed by atoms with van der Waals surface area (Å²) in [6.45, 7) is 0. The number of oxime groups is 1. The standard InChI is InChI=1S/C22H18ClNOS/c23-19-11-7-10-18(14-19)22(16-26-20-12-5-2-6-13-20)15-21(24-25-22)17-8-3-1-4-9-17/h1-14H,15-16H2/t22-/m1/s1. The Bertz CT molecular complexity index is 914. The van der Waals surface area contributed by atoms with E-state index < -0.39 is 5.60 Å². The molecule has 0 fully saturated rings. The van der Waals surface area contributed by atoms with Crippen LogP contribution in [0, 0.1) is 0 Å². The van der Waals surface area contributed by atoms with E-state index in [4.69, 9.17) is 16.4 Å². The fraction of sp³-hybridized carbons (Fsp3) is 0.136. The van der Waals surface area contributed by atoms with Gasteiger partial charge in [0.1, 0.15) is 0 Å². The van der Waals surface area contributed by atoms with Gasteiger partial charge in [-0.1, -0.05) is 77.4 Å². The van der Waals surface area contributed by atoms with Crippen LogP contribution in [0.3, 0.4) is 0 Å². The first-order valence-electron chi connectivity index (χ1n) is 8.50. The molecule has 1 aliphatic heterocycles. The summed E-state index contributed by atoms with van der Waals surface area (Å²) in [5.41, 5.74) is 2.61. The van der Waals surface area contributed by atoms with Gasteiger partial charge in [-0.15, -0.1) is 11.8 Å². The summed E-state index contributed by atoms with van der Waals surface area (Å²) in [6, 6.07) is 28.5. The molecule has 0 bridgehead atoms. The maximum atomic E-state index is 6.26. The molecule has 2 nitrogen and oxygen atoms in total. The minimum atomic E-state index is -0.517. The average Bonchev–Trinajstić information content (AvgIpc) is 3.14. The zero-order chi connectivity index (χ0) is 17.8. The molecule has 0 N–H and O–H groups in total. The van der Waals surface area contributed by atoms with E-state index in [1.807, 2.05) is 42.5 Å². The average molecular weight is 380 g/mol. The van der Waals surface area contributed by atoms with Crippen molar-refractivity contribution in [2.75, 3.05) is 5.75 Å². The highest BCUT2D eigenvalue weighted by Gasteiger charge is 2.41. The van der Waals surface area contributed by atoms with Gasteiger partial charge in [0.05, 0.1) is 5.71 Å². The van der Waals surface area contributed by atoms with Crippen LogP contribution >= 0.6 is 23.4 Å². The molecule has 1 aliphatic rings. The Labute approximate surface area is 162 Å². The highest BCUT2D eigenvalue weighted by molar-refractivity contribution is 7.99. The topological polar surface area (TPSA) is 21.6 Å². The van der Waals surface area contributed by atoms with Crippen LogP contribution < -0.4 is 0 Å². The zero-order valence-corrected chi connectivity index (χ0v) is 15.7. The molecule has 3 aromatic rings. The van der Waals surface area contributed by atoms with Gasteiger partial charge in [-0.2, -0.15) is 0 Å². The minimum absolute atomic E-state index is 0.517. The molecule has 0 aromatic heterocycles. The maximum Gasteiger partial charge on any atom is 0.177 e. The van der Waals surface area contributed by atoms with Gasteiger partial charge < -0.3 is 4.84 Å². The molecule has 0 amide bonds. The summed E-state index contributed by atoms with van der Waals surface area (Å²) < 4.78 is 0. The van der Waals surface area contributed by atoms with Gasteiger partial charge in [0, 0.05) is 27.7 Å². The maximum absolute atomic E-state index is 6.26. The normalized spacial score (nSPS) is 19.0. The van der Waals surface area contributed by atoms with E-state index in [-0.39, 0.29) is 0 Å². The van der Waals surface area contributed by atoms with Crippen LogP contribution in [-0.4, -0.2) is 11.5 Å². The lowest BCUT2D eigenvalue weighted by Crippen LogP contribution is -2.29. The molecular weight excluding hydrogens is 362 g/mol. The lowest BCUT2D eigenvalue weighted by atomic mass is 9.89. The van der Waals surface area contributed by atoms with E-state index in [1.54, 1.807) is 11.8 Å². The molecule has 130 valence electrons. The van der Waals surface area contributed by atoms with E-state index in [0.717, 1.165) is 29.0 Å². The third kappa shape index (κ3) is 3.64. The second kappa shape index (κ2) is 7.56. The Hall–Kier alpha value is -2.23. The quantitative estimate of drug-likeness (QED) is 0.495. The second-order valence-corrected chi connectivity index (χ2v) is 7.76. The van der Waals surface area contributed by atoms with Crippen molar-refractivity contribution in [1.82, 2.24) is 0 Å². The van der Waals surface area contributed by atoms with Crippen LogP contribution in [0.25, 0.3) is 0 Å². The van der Waals surface area contributed by atoms with E-state index in [9.17, 15) is 0 Å².